The first-order valence-electron chi connectivity index (χ1n) is 6.83. The van der Waals surface area contributed by atoms with Gasteiger partial charge in [0, 0.05) is 10.9 Å². The molecule has 1 aromatic rings. The van der Waals surface area contributed by atoms with Gasteiger partial charge in [-0.25, -0.2) is 0 Å². The van der Waals surface area contributed by atoms with E-state index in [-0.39, 0.29) is 12.1 Å². The van der Waals surface area contributed by atoms with Crippen molar-refractivity contribution in [3.8, 4) is 0 Å². The van der Waals surface area contributed by atoms with Crippen LogP contribution in [0.4, 0.5) is 0 Å². The molecule has 1 aliphatic heterocycles. The van der Waals surface area contributed by atoms with E-state index in [4.69, 9.17) is 0 Å². The summed E-state index contributed by atoms with van der Waals surface area (Å²) in [6.45, 7) is 2.81. The lowest BCUT2D eigenvalue weighted by Gasteiger charge is -2.36. The second-order valence-electron chi connectivity index (χ2n) is 5.51. The third kappa shape index (κ3) is 2.19. The Morgan fingerprint density at radius 2 is 2.11 bits per heavy atom. The van der Waals surface area contributed by atoms with Gasteiger partial charge in [-0.3, -0.25) is 10.1 Å². The molecule has 1 saturated heterocycles. The lowest BCUT2D eigenvalue weighted by atomic mass is 9.86. The van der Waals surface area contributed by atoms with Gasteiger partial charge in [0.2, 0.25) is 5.91 Å². The highest BCUT2D eigenvalue weighted by Gasteiger charge is 2.38. The van der Waals surface area contributed by atoms with Crippen molar-refractivity contribution in [2.75, 3.05) is 6.54 Å². The van der Waals surface area contributed by atoms with Crippen molar-refractivity contribution in [1.29, 1.82) is 0 Å². The van der Waals surface area contributed by atoms with Crippen molar-refractivity contribution in [3.05, 3.63) is 22.4 Å². The molecule has 2 heterocycles. The minimum Gasteiger partial charge on any atom is -0.318 e. The molecule has 2 fully saturated rings. The molecule has 3 nitrogen and oxygen atoms in total. The fourth-order valence-corrected chi connectivity index (χ4v) is 3.93. The average Bonchev–Trinajstić information content (AvgIpc) is 2.99. The fourth-order valence-electron chi connectivity index (χ4n) is 3.14. The molecular weight excluding hydrogens is 244 g/mol. The van der Waals surface area contributed by atoms with Crippen LogP contribution in [0.5, 0.6) is 0 Å². The van der Waals surface area contributed by atoms with E-state index in [1.165, 1.54) is 17.7 Å². The SMILES string of the molecule is CC1CCC(N2C(=O)CNC2c2cccs2)CC1. The van der Waals surface area contributed by atoms with Crippen molar-refractivity contribution in [3.63, 3.8) is 0 Å². The smallest absolute Gasteiger partial charge is 0.238 e. The van der Waals surface area contributed by atoms with Crippen LogP contribution in [0.25, 0.3) is 0 Å². The predicted octanol–water partition coefficient (Wildman–Crippen LogP) is 2.76. The molecule has 1 amide bonds. The maximum Gasteiger partial charge on any atom is 0.238 e. The van der Waals surface area contributed by atoms with Crippen LogP contribution in [0.15, 0.2) is 17.5 Å². The van der Waals surface area contributed by atoms with Crippen LogP contribution in [-0.4, -0.2) is 23.4 Å². The summed E-state index contributed by atoms with van der Waals surface area (Å²) in [5.41, 5.74) is 0. The molecule has 3 rings (SSSR count). The first kappa shape index (κ1) is 12.2. The number of thiophene rings is 1. The molecule has 98 valence electrons. The molecule has 0 spiro atoms. The first-order chi connectivity index (χ1) is 8.75. The van der Waals surface area contributed by atoms with Gasteiger partial charge in [0.1, 0.15) is 6.17 Å². The van der Waals surface area contributed by atoms with E-state index < -0.39 is 0 Å². The van der Waals surface area contributed by atoms with Crippen LogP contribution in [-0.2, 0) is 4.79 Å². The molecule has 1 unspecified atom stereocenters. The topological polar surface area (TPSA) is 32.3 Å². The zero-order valence-corrected chi connectivity index (χ0v) is 11.6. The quantitative estimate of drug-likeness (QED) is 0.891. The maximum absolute atomic E-state index is 12.1. The van der Waals surface area contributed by atoms with Gasteiger partial charge in [0.05, 0.1) is 6.54 Å². The number of amides is 1. The van der Waals surface area contributed by atoms with E-state index in [0.717, 1.165) is 18.8 Å². The van der Waals surface area contributed by atoms with Gasteiger partial charge in [0.25, 0.3) is 0 Å². The van der Waals surface area contributed by atoms with Gasteiger partial charge in [0.15, 0.2) is 0 Å². The van der Waals surface area contributed by atoms with Crippen molar-refractivity contribution >= 4 is 17.2 Å². The fraction of sp³-hybridized carbons (Fsp3) is 0.643. The summed E-state index contributed by atoms with van der Waals surface area (Å²) in [6.07, 6.45) is 4.96. The molecule has 1 aliphatic carbocycles. The van der Waals surface area contributed by atoms with Crippen molar-refractivity contribution in [1.82, 2.24) is 10.2 Å². The van der Waals surface area contributed by atoms with E-state index in [9.17, 15) is 4.79 Å². The van der Waals surface area contributed by atoms with Crippen LogP contribution in [0, 0.1) is 5.92 Å². The van der Waals surface area contributed by atoms with Crippen molar-refractivity contribution in [2.24, 2.45) is 5.92 Å². The van der Waals surface area contributed by atoms with Crippen LogP contribution in [0.3, 0.4) is 0 Å². The van der Waals surface area contributed by atoms with Gasteiger partial charge < -0.3 is 4.90 Å². The monoisotopic (exact) mass is 264 g/mol. The van der Waals surface area contributed by atoms with Crippen LogP contribution < -0.4 is 5.32 Å². The molecule has 1 aromatic heterocycles. The molecule has 4 heteroatoms. The molecular formula is C14H20N2OS. The Morgan fingerprint density at radius 1 is 1.33 bits per heavy atom. The summed E-state index contributed by atoms with van der Waals surface area (Å²) in [7, 11) is 0. The highest BCUT2D eigenvalue weighted by molar-refractivity contribution is 7.10. The number of hydrogen-bond acceptors (Lipinski definition) is 3. The normalized spacial score (nSPS) is 33.1. The van der Waals surface area contributed by atoms with E-state index in [1.807, 2.05) is 0 Å². The molecule has 0 bridgehead atoms. The summed E-state index contributed by atoms with van der Waals surface area (Å²) in [5, 5.41) is 5.44. The summed E-state index contributed by atoms with van der Waals surface area (Å²) >= 11 is 1.73. The Balaban J connectivity index is 1.77. The largest absolute Gasteiger partial charge is 0.318 e. The molecule has 2 aliphatic rings. The number of rotatable bonds is 2. The Kier molecular flexibility index (Phi) is 3.39. The third-order valence-corrected chi connectivity index (χ3v) is 5.13. The van der Waals surface area contributed by atoms with Gasteiger partial charge in [-0.2, -0.15) is 0 Å². The molecule has 1 N–H and O–H groups in total. The molecule has 1 atom stereocenters. The number of hydrogen-bond donors (Lipinski definition) is 1. The van der Waals surface area contributed by atoms with Gasteiger partial charge in [-0.15, -0.1) is 11.3 Å². The summed E-state index contributed by atoms with van der Waals surface area (Å²) in [6, 6.07) is 4.63. The number of carbonyl (C=O) groups excluding carboxylic acids is 1. The Morgan fingerprint density at radius 3 is 2.78 bits per heavy atom. The maximum atomic E-state index is 12.1. The second-order valence-corrected chi connectivity index (χ2v) is 6.49. The molecule has 18 heavy (non-hydrogen) atoms. The molecule has 0 aromatic carbocycles. The standard InChI is InChI=1S/C14H20N2OS/c1-10-4-6-11(7-5-10)16-13(17)9-15-14(16)12-3-2-8-18-12/h2-3,8,10-11,14-15H,4-7,9H2,1H3. The Labute approximate surface area is 112 Å². The predicted molar refractivity (Wildman–Crippen MR) is 73.3 cm³/mol. The second kappa shape index (κ2) is 5.02. The van der Waals surface area contributed by atoms with Gasteiger partial charge in [-0.05, 0) is 43.0 Å². The number of nitrogens with zero attached hydrogens (tertiary/aromatic N) is 1. The highest BCUT2D eigenvalue weighted by Crippen LogP contribution is 2.34. The van der Waals surface area contributed by atoms with Crippen LogP contribution in [0.2, 0.25) is 0 Å². The van der Waals surface area contributed by atoms with E-state index in [1.54, 1.807) is 11.3 Å². The minimum absolute atomic E-state index is 0.121. The van der Waals surface area contributed by atoms with E-state index in [2.05, 4.69) is 34.7 Å². The van der Waals surface area contributed by atoms with Crippen molar-refractivity contribution in [2.45, 2.75) is 44.8 Å². The molecule has 0 radical (unpaired) electrons. The van der Waals surface area contributed by atoms with Crippen LogP contribution in [0.1, 0.15) is 43.6 Å². The number of carbonyl (C=O) groups is 1. The Hall–Kier alpha value is -0.870. The van der Waals surface area contributed by atoms with E-state index >= 15 is 0 Å². The van der Waals surface area contributed by atoms with E-state index in [0.29, 0.717) is 12.6 Å². The van der Waals surface area contributed by atoms with Crippen molar-refractivity contribution < 1.29 is 4.79 Å². The summed E-state index contributed by atoms with van der Waals surface area (Å²) in [5.74, 6) is 1.10. The summed E-state index contributed by atoms with van der Waals surface area (Å²) < 4.78 is 0. The zero-order chi connectivity index (χ0) is 12.5. The van der Waals surface area contributed by atoms with Crippen LogP contribution >= 0.6 is 11.3 Å². The third-order valence-electron chi connectivity index (χ3n) is 4.20. The summed E-state index contributed by atoms with van der Waals surface area (Å²) in [4.78, 5) is 15.5. The first-order valence-corrected chi connectivity index (χ1v) is 7.71. The zero-order valence-electron chi connectivity index (χ0n) is 10.8. The minimum atomic E-state index is 0.121. The van der Waals surface area contributed by atoms with Gasteiger partial charge >= 0.3 is 0 Å². The average molecular weight is 264 g/mol. The van der Waals surface area contributed by atoms with Gasteiger partial charge in [-0.1, -0.05) is 13.0 Å². The Bertz CT molecular complexity index is 409. The molecule has 1 saturated carbocycles. The number of nitrogens with one attached hydrogen (secondary N) is 1. The lowest BCUT2D eigenvalue weighted by Crippen LogP contribution is -2.41. The lowest BCUT2D eigenvalue weighted by molar-refractivity contribution is -0.131. The highest BCUT2D eigenvalue weighted by atomic mass is 32.1.